The van der Waals surface area contributed by atoms with Crippen molar-refractivity contribution >= 4 is 11.8 Å². The van der Waals surface area contributed by atoms with Crippen LogP contribution in [-0.4, -0.2) is 49.4 Å². The molecule has 7 heteroatoms. The highest BCUT2D eigenvalue weighted by molar-refractivity contribution is 5.90. The molecule has 0 aromatic carbocycles. The van der Waals surface area contributed by atoms with Gasteiger partial charge in [0.05, 0.1) is 6.10 Å². The SMILES string of the molecule is O=C(O)CCCC(O)C=CC=CC=CC(=O)CC=CCCCCC(O)(O)O. The Bertz CT molecular complexity index is 539. The highest BCUT2D eigenvalue weighted by Gasteiger charge is 2.16. The van der Waals surface area contributed by atoms with Crippen LogP contribution in [0.25, 0.3) is 0 Å². The number of aliphatic hydroxyl groups excluding tert-OH is 1. The summed E-state index contributed by atoms with van der Waals surface area (Å²) in [5, 5.41) is 44.2. The average molecular weight is 382 g/mol. The number of unbranched alkanes of at least 4 members (excludes halogenated alkanes) is 2. The summed E-state index contributed by atoms with van der Waals surface area (Å²) in [5.41, 5.74) is 0. The maximum Gasteiger partial charge on any atom is 0.303 e. The number of hydrogen-bond donors (Lipinski definition) is 5. The van der Waals surface area contributed by atoms with E-state index in [9.17, 15) is 14.7 Å². The molecule has 0 amide bonds. The normalized spacial score (nSPS) is 14.1. The Morgan fingerprint density at radius 1 is 0.926 bits per heavy atom. The van der Waals surface area contributed by atoms with Gasteiger partial charge < -0.3 is 25.5 Å². The van der Waals surface area contributed by atoms with Gasteiger partial charge in [0.15, 0.2) is 5.78 Å². The minimum atomic E-state index is -2.61. The predicted octanol–water partition coefficient (Wildman–Crippen LogP) is 1.98. The molecule has 0 saturated heterocycles. The number of ketones is 1. The molecule has 0 saturated carbocycles. The lowest BCUT2D eigenvalue weighted by atomic mass is 10.1. The van der Waals surface area contributed by atoms with Crippen LogP contribution in [0, 0.1) is 0 Å². The van der Waals surface area contributed by atoms with Crippen LogP contribution in [0.4, 0.5) is 0 Å². The number of carboxylic acid groups (broad SMARTS) is 1. The van der Waals surface area contributed by atoms with Crippen molar-refractivity contribution in [2.75, 3.05) is 0 Å². The highest BCUT2D eigenvalue weighted by Crippen LogP contribution is 2.09. The van der Waals surface area contributed by atoms with Gasteiger partial charge in [-0.15, -0.1) is 0 Å². The summed E-state index contributed by atoms with van der Waals surface area (Å²) in [6, 6.07) is 0. The molecule has 0 aliphatic carbocycles. The fourth-order valence-corrected chi connectivity index (χ4v) is 2.05. The molecular weight excluding hydrogens is 352 g/mol. The first-order chi connectivity index (χ1) is 12.7. The van der Waals surface area contributed by atoms with Crippen molar-refractivity contribution in [3.8, 4) is 0 Å². The molecule has 1 unspecified atom stereocenters. The largest absolute Gasteiger partial charge is 0.481 e. The monoisotopic (exact) mass is 382 g/mol. The summed E-state index contributed by atoms with van der Waals surface area (Å²) >= 11 is 0. The molecule has 0 rings (SSSR count). The Labute approximate surface area is 159 Å². The van der Waals surface area contributed by atoms with Gasteiger partial charge in [0.1, 0.15) is 0 Å². The van der Waals surface area contributed by atoms with Crippen molar-refractivity contribution in [1.82, 2.24) is 0 Å². The first kappa shape index (κ1) is 24.9. The molecule has 5 N–H and O–H groups in total. The third-order valence-electron chi connectivity index (χ3n) is 3.46. The first-order valence-corrected chi connectivity index (χ1v) is 8.97. The Morgan fingerprint density at radius 3 is 2.30 bits per heavy atom. The molecular formula is C20H30O7. The van der Waals surface area contributed by atoms with E-state index in [1.165, 1.54) is 6.08 Å². The molecule has 0 bridgehead atoms. The van der Waals surface area contributed by atoms with Gasteiger partial charge in [-0.3, -0.25) is 9.59 Å². The molecule has 1 atom stereocenters. The number of rotatable bonds is 15. The summed E-state index contributed by atoms with van der Waals surface area (Å²) in [6.07, 6.45) is 15.3. The van der Waals surface area contributed by atoms with E-state index in [2.05, 4.69) is 0 Å². The van der Waals surface area contributed by atoms with Gasteiger partial charge in [-0.2, -0.15) is 0 Å². The predicted molar refractivity (Wildman–Crippen MR) is 102 cm³/mol. The van der Waals surface area contributed by atoms with Crippen LogP contribution in [0.15, 0.2) is 48.6 Å². The maximum absolute atomic E-state index is 11.6. The number of aliphatic carboxylic acids is 1. The van der Waals surface area contributed by atoms with E-state index in [1.807, 2.05) is 6.08 Å². The second kappa shape index (κ2) is 15.0. The van der Waals surface area contributed by atoms with Crippen LogP contribution in [-0.2, 0) is 9.59 Å². The molecule has 0 aromatic heterocycles. The van der Waals surface area contributed by atoms with Crippen LogP contribution < -0.4 is 0 Å². The molecule has 0 aliphatic rings. The average Bonchev–Trinajstić information content (AvgIpc) is 2.55. The van der Waals surface area contributed by atoms with E-state index >= 15 is 0 Å². The Kier molecular flexibility index (Phi) is 13.9. The van der Waals surface area contributed by atoms with Crippen LogP contribution >= 0.6 is 0 Å². The lowest BCUT2D eigenvalue weighted by molar-refractivity contribution is -0.314. The quantitative estimate of drug-likeness (QED) is 0.0960. The van der Waals surface area contributed by atoms with Gasteiger partial charge in [0.2, 0.25) is 0 Å². The molecule has 0 radical (unpaired) electrons. The van der Waals surface area contributed by atoms with Gasteiger partial charge in [-0.25, -0.2) is 0 Å². The van der Waals surface area contributed by atoms with Crippen LogP contribution in [0.3, 0.4) is 0 Å². The van der Waals surface area contributed by atoms with Crippen molar-refractivity contribution in [2.45, 2.75) is 63.4 Å². The smallest absolute Gasteiger partial charge is 0.303 e. The van der Waals surface area contributed by atoms with Crippen molar-refractivity contribution in [2.24, 2.45) is 0 Å². The number of hydrogen-bond acceptors (Lipinski definition) is 6. The van der Waals surface area contributed by atoms with Gasteiger partial charge in [0.25, 0.3) is 5.97 Å². The van der Waals surface area contributed by atoms with Crippen molar-refractivity contribution in [1.29, 1.82) is 0 Å². The highest BCUT2D eigenvalue weighted by atomic mass is 16.7. The molecule has 27 heavy (non-hydrogen) atoms. The van der Waals surface area contributed by atoms with Gasteiger partial charge >= 0.3 is 5.97 Å². The second-order valence-corrected chi connectivity index (χ2v) is 6.14. The van der Waals surface area contributed by atoms with Gasteiger partial charge in [0, 0.05) is 19.3 Å². The first-order valence-electron chi connectivity index (χ1n) is 8.97. The van der Waals surface area contributed by atoms with Crippen LogP contribution in [0.5, 0.6) is 0 Å². The zero-order valence-corrected chi connectivity index (χ0v) is 15.4. The van der Waals surface area contributed by atoms with E-state index in [4.69, 9.17) is 20.4 Å². The molecule has 7 nitrogen and oxygen atoms in total. The number of carboxylic acids is 1. The summed E-state index contributed by atoms with van der Waals surface area (Å²) in [6.45, 7) is 0. The van der Waals surface area contributed by atoms with Crippen LogP contribution in [0.1, 0.15) is 51.4 Å². The van der Waals surface area contributed by atoms with Crippen molar-refractivity contribution in [3.05, 3.63) is 48.6 Å². The third kappa shape index (κ3) is 20.1. The fraction of sp³-hybridized carbons (Fsp3) is 0.500. The second-order valence-electron chi connectivity index (χ2n) is 6.14. The zero-order chi connectivity index (χ0) is 20.5. The number of carbonyl (C=O) groups is 2. The van der Waals surface area contributed by atoms with E-state index in [0.717, 1.165) is 0 Å². The molecule has 0 spiro atoms. The standard InChI is InChI=1S/C20H30O7/c21-17(11-6-2-1-5-9-16-20(25,26)27)12-7-3-4-8-13-18(22)14-10-15-19(23)24/h2-4,6-8,12-13,18,22,25-27H,1,5,9-11,14-16H2,(H,23,24). The molecule has 152 valence electrons. The minimum Gasteiger partial charge on any atom is -0.481 e. The lowest BCUT2D eigenvalue weighted by Crippen LogP contribution is -2.26. The lowest BCUT2D eigenvalue weighted by Gasteiger charge is -2.12. The van der Waals surface area contributed by atoms with E-state index in [0.29, 0.717) is 32.1 Å². The number of carbonyl (C=O) groups excluding carboxylic acids is 1. The number of allylic oxidation sites excluding steroid dienone is 7. The summed E-state index contributed by atoms with van der Waals surface area (Å²) in [7, 11) is 0. The minimum absolute atomic E-state index is 0.0364. The van der Waals surface area contributed by atoms with E-state index in [-0.39, 0.29) is 25.0 Å². The van der Waals surface area contributed by atoms with Gasteiger partial charge in [-0.1, -0.05) is 42.5 Å². The summed E-state index contributed by atoms with van der Waals surface area (Å²) < 4.78 is 0. The Morgan fingerprint density at radius 2 is 1.63 bits per heavy atom. The van der Waals surface area contributed by atoms with Crippen molar-refractivity contribution in [3.63, 3.8) is 0 Å². The Hall–Kier alpha value is -2.06. The molecule has 0 aromatic rings. The molecule has 0 aliphatic heterocycles. The third-order valence-corrected chi connectivity index (χ3v) is 3.46. The molecule has 0 fully saturated rings. The Balaban J connectivity index is 3.84. The van der Waals surface area contributed by atoms with Gasteiger partial charge in [-0.05, 0) is 38.2 Å². The fourth-order valence-electron chi connectivity index (χ4n) is 2.05. The maximum atomic E-state index is 11.6. The van der Waals surface area contributed by atoms with E-state index in [1.54, 1.807) is 36.5 Å². The number of aliphatic hydroxyl groups is 4. The van der Waals surface area contributed by atoms with Crippen LogP contribution in [0.2, 0.25) is 0 Å². The van der Waals surface area contributed by atoms with E-state index < -0.39 is 18.0 Å². The van der Waals surface area contributed by atoms with Crippen molar-refractivity contribution < 1.29 is 35.1 Å². The topological polar surface area (TPSA) is 135 Å². The summed E-state index contributed by atoms with van der Waals surface area (Å²) in [5.74, 6) is -3.54. The zero-order valence-electron chi connectivity index (χ0n) is 15.4. The summed E-state index contributed by atoms with van der Waals surface area (Å²) in [4.78, 5) is 22.0. The molecule has 0 heterocycles.